The molecule has 0 saturated carbocycles. The molecule has 0 aliphatic carbocycles. The topological polar surface area (TPSA) is 199 Å². The molecule has 0 aromatic heterocycles. The van der Waals surface area contributed by atoms with Crippen molar-refractivity contribution in [1.82, 2.24) is 9.80 Å². The molecule has 0 radical (unpaired) electrons. The number of carbonyl (C=O) groups excluding carboxylic acids is 2. The van der Waals surface area contributed by atoms with Gasteiger partial charge in [0.1, 0.15) is 32.4 Å². The van der Waals surface area contributed by atoms with E-state index in [1.807, 2.05) is 30.3 Å². The first-order chi connectivity index (χ1) is 14.1. The Morgan fingerprint density at radius 1 is 0.969 bits per heavy atom. The fraction of sp³-hybridized carbons (Fsp3) is 0.444. The molecule has 12 nitrogen and oxygen atoms in total. The number of likely N-dealkylation sites (N-methyl/N-ethyl adjacent to an activating group) is 2. The smallest absolute Gasteiger partial charge is 0.325 e. The summed E-state index contributed by atoms with van der Waals surface area (Å²) in [5.41, 5.74) is 11.2. The summed E-state index contributed by atoms with van der Waals surface area (Å²) in [7, 11) is 3.03. The Balaban J connectivity index is -0.000000499. The Morgan fingerprint density at radius 2 is 1.41 bits per heavy atom. The van der Waals surface area contributed by atoms with Crippen molar-refractivity contribution in [2.45, 2.75) is 12.7 Å². The normalized spacial score (nSPS) is 10.0. The van der Waals surface area contributed by atoms with Crippen LogP contribution in [0.4, 0.5) is 0 Å². The van der Waals surface area contributed by atoms with Crippen LogP contribution < -0.4 is 11.5 Å². The molecule has 1 atom stereocenters. The predicted molar refractivity (Wildman–Crippen MR) is 124 cm³/mol. The largest absolute Gasteiger partial charge is 0.462 e. The molecule has 1 rings (SSSR count). The lowest BCUT2D eigenvalue weighted by atomic mass is 10.2. The van der Waals surface area contributed by atoms with Gasteiger partial charge in [0, 0.05) is 14.1 Å². The van der Waals surface area contributed by atoms with E-state index in [2.05, 4.69) is 4.74 Å². The van der Waals surface area contributed by atoms with Gasteiger partial charge < -0.3 is 41.0 Å². The summed E-state index contributed by atoms with van der Waals surface area (Å²) in [4.78, 5) is 24.8. The quantitative estimate of drug-likeness (QED) is 0.141. The number of nitrogens with one attached hydrogen (secondary N) is 2. The number of benzene rings is 1. The Kier molecular flexibility index (Phi) is 20.0. The Morgan fingerprint density at radius 3 is 1.81 bits per heavy atom. The van der Waals surface area contributed by atoms with Gasteiger partial charge in [-0.05, 0) is 5.56 Å². The van der Waals surface area contributed by atoms with Crippen LogP contribution in [0, 0.1) is 10.8 Å². The van der Waals surface area contributed by atoms with Gasteiger partial charge in [0.25, 0.3) is 0 Å². The maximum Gasteiger partial charge on any atom is 0.325 e. The summed E-state index contributed by atoms with van der Waals surface area (Å²) >= 11 is 0. The molecule has 0 fully saturated rings. The van der Waals surface area contributed by atoms with Crippen molar-refractivity contribution >= 4 is 48.7 Å². The Bertz CT molecular complexity index is 698. The second-order valence-electron chi connectivity index (χ2n) is 6.15. The third-order valence-corrected chi connectivity index (χ3v) is 3.45. The van der Waals surface area contributed by atoms with Crippen LogP contribution in [-0.2, 0) is 25.7 Å². The van der Waals surface area contributed by atoms with Gasteiger partial charge in [0.15, 0.2) is 11.9 Å². The first-order valence-corrected chi connectivity index (χ1v) is 8.81. The number of aliphatic hydroxyl groups is 2. The highest BCUT2D eigenvalue weighted by atomic mass is 35.5. The molecule has 0 heterocycles. The highest BCUT2D eigenvalue weighted by Crippen LogP contribution is 2.00. The van der Waals surface area contributed by atoms with Crippen molar-refractivity contribution in [3.05, 3.63) is 35.9 Å². The van der Waals surface area contributed by atoms with Gasteiger partial charge >= 0.3 is 11.9 Å². The minimum absolute atomic E-state index is 0. The molecule has 14 heteroatoms. The zero-order valence-corrected chi connectivity index (χ0v) is 19.5. The van der Waals surface area contributed by atoms with Gasteiger partial charge in [0.05, 0.1) is 6.61 Å². The summed E-state index contributed by atoms with van der Waals surface area (Å²) in [5.74, 6) is -1.42. The zero-order chi connectivity index (χ0) is 23.1. The summed E-state index contributed by atoms with van der Waals surface area (Å²) in [6.07, 6.45) is -1.07. The van der Waals surface area contributed by atoms with E-state index in [-0.39, 0.29) is 63.0 Å². The van der Waals surface area contributed by atoms with E-state index in [1.54, 1.807) is 7.05 Å². The Labute approximate surface area is 199 Å². The number of hydrogen-bond donors (Lipinski definition) is 6. The maximum absolute atomic E-state index is 11.3. The third-order valence-electron chi connectivity index (χ3n) is 3.45. The predicted octanol–water partition coefficient (Wildman–Crippen LogP) is -0.893. The number of nitrogens with two attached hydrogens (primary N) is 2. The molecule has 1 unspecified atom stereocenters. The third kappa shape index (κ3) is 16.9. The summed E-state index contributed by atoms with van der Waals surface area (Å²) in [6.45, 7) is -0.655. The van der Waals surface area contributed by atoms with Crippen LogP contribution in [0.15, 0.2) is 30.3 Å². The molecule has 0 aliphatic heterocycles. The lowest BCUT2D eigenvalue weighted by molar-refractivity contribution is -0.147. The molecular formula is C18H32Cl2N6O6. The number of guanidine groups is 2. The van der Waals surface area contributed by atoms with E-state index in [1.165, 1.54) is 16.8 Å². The van der Waals surface area contributed by atoms with Crippen LogP contribution in [0.1, 0.15) is 5.56 Å². The fourth-order valence-corrected chi connectivity index (χ4v) is 1.63. The van der Waals surface area contributed by atoms with Crippen molar-refractivity contribution in [1.29, 1.82) is 10.8 Å². The second-order valence-corrected chi connectivity index (χ2v) is 6.15. The molecule has 8 N–H and O–H groups in total. The molecular weight excluding hydrogens is 467 g/mol. The Hall–Kier alpha value is -2.80. The van der Waals surface area contributed by atoms with Crippen LogP contribution in [0.2, 0.25) is 0 Å². The molecule has 0 spiro atoms. The molecule has 32 heavy (non-hydrogen) atoms. The summed E-state index contributed by atoms with van der Waals surface area (Å²) < 4.78 is 9.59. The van der Waals surface area contributed by atoms with E-state index in [4.69, 9.17) is 37.2 Å². The van der Waals surface area contributed by atoms with E-state index in [0.29, 0.717) is 0 Å². The molecule has 1 aromatic carbocycles. The first-order valence-electron chi connectivity index (χ1n) is 8.81. The van der Waals surface area contributed by atoms with Crippen LogP contribution >= 0.6 is 24.8 Å². The fourth-order valence-electron chi connectivity index (χ4n) is 1.63. The standard InChI is InChI=1S/C11H15N3O2.C7H15N3O4.2ClH/c1-14(11(12)13)7-10(15)16-8-9-5-3-2-4-6-9;1-10(7(8)9)2-6(13)14-4-5(12)3-11;;/h2-6H,7-8H2,1H3,(H3,12,13);5,11-12H,2-4H2,1H3,(H3,8,9);2*1H. The van der Waals surface area contributed by atoms with E-state index in [9.17, 15) is 9.59 Å². The number of aliphatic hydroxyl groups excluding tert-OH is 2. The van der Waals surface area contributed by atoms with Crippen LogP contribution in [0.25, 0.3) is 0 Å². The van der Waals surface area contributed by atoms with Crippen molar-refractivity contribution in [3.8, 4) is 0 Å². The monoisotopic (exact) mass is 498 g/mol. The summed E-state index contributed by atoms with van der Waals surface area (Å²) in [6, 6.07) is 9.41. The summed E-state index contributed by atoms with van der Waals surface area (Å²) in [5, 5.41) is 31.3. The number of hydrogen-bond acceptors (Lipinski definition) is 8. The van der Waals surface area contributed by atoms with Crippen LogP contribution in [0.5, 0.6) is 0 Å². The van der Waals surface area contributed by atoms with Crippen LogP contribution in [-0.4, -0.2) is 90.4 Å². The van der Waals surface area contributed by atoms with Crippen molar-refractivity contribution < 1.29 is 29.3 Å². The molecule has 184 valence electrons. The average Bonchev–Trinajstić information content (AvgIpc) is 2.71. The number of carbonyl (C=O) groups is 2. The van der Waals surface area contributed by atoms with Gasteiger partial charge in [-0.25, -0.2) is 0 Å². The highest BCUT2D eigenvalue weighted by molar-refractivity contribution is 5.85. The number of nitrogens with zero attached hydrogens (tertiary/aromatic N) is 2. The van der Waals surface area contributed by atoms with Gasteiger partial charge in [-0.3, -0.25) is 20.4 Å². The van der Waals surface area contributed by atoms with Crippen molar-refractivity contribution in [3.63, 3.8) is 0 Å². The molecule has 0 amide bonds. The van der Waals surface area contributed by atoms with E-state index < -0.39 is 24.6 Å². The average molecular weight is 499 g/mol. The highest BCUT2D eigenvalue weighted by Gasteiger charge is 2.11. The van der Waals surface area contributed by atoms with Gasteiger partial charge in [0.2, 0.25) is 0 Å². The lowest BCUT2D eigenvalue weighted by Gasteiger charge is -2.15. The van der Waals surface area contributed by atoms with Gasteiger partial charge in [-0.1, -0.05) is 30.3 Å². The molecule has 0 saturated heterocycles. The minimum atomic E-state index is -1.07. The van der Waals surface area contributed by atoms with Crippen molar-refractivity contribution in [2.24, 2.45) is 11.5 Å². The van der Waals surface area contributed by atoms with Gasteiger partial charge in [-0.15, -0.1) is 24.8 Å². The first kappa shape index (κ1) is 33.8. The second kappa shape index (κ2) is 18.9. The van der Waals surface area contributed by atoms with Crippen molar-refractivity contribution in [2.75, 3.05) is 40.4 Å². The molecule has 1 aromatic rings. The number of rotatable bonds is 9. The van der Waals surface area contributed by atoms with E-state index in [0.717, 1.165) is 5.56 Å². The maximum atomic E-state index is 11.3. The van der Waals surface area contributed by atoms with Crippen LogP contribution in [0.3, 0.4) is 0 Å². The SMILES string of the molecule is CN(CC(=O)OCC(O)CO)C(=N)N.CN(CC(=O)OCc1ccccc1)C(=N)N.Cl.Cl. The molecule has 0 bridgehead atoms. The zero-order valence-electron chi connectivity index (χ0n) is 17.9. The number of esters is 2. The number of ether oxygens (including phenoxy) is 2. The number of halogens is 2. The lowest BCUT2D eigenvalue weighted by Crippen LogP contribution is -2.38. The molecule has 0 aliphatic rings. The van der Waals surface area contributed by atoms with Gasteiger partial charge in [-0.2, -0.15) is 0 Å². The van der Waals surface area contributed by atoms with E-state index >= 15 is 0 Å². The minimum Gasteiger partial charge on any atom is -0.462 e.